The summed E-state index contributed by atoms with van der Waals surface area (Å²) in [5, 5.41) is 0. The minimum Gasteiger partial charge on any atom is -0.480 e. The van der Waals surface area contributed by atoms with Crippen LogP contribution in [0.1, 0.15) is 21.6 Å². The second kappa shape index (κ2) is 6.23. The van der Waals surface area contributed by atoms with E-state index in [9.17, 15) is 31.1 Å². The van der Waals surface area contributed by atoms with E-state index in [1.807, 2.05) is 0 Å². The highest BCUT2D eigenvalue weighted by Gasteiger charge is 2.48. The molecule has 0 aromatic carbocycles. The number of methoxy groups -OCH3 is 2. The zero-order chi connectivity index (χ0) is 17.3. The zero-order valence-corrected chi connectivity index (χ0v) is 12.2. The van der Waals surface area contributed by atoms with Crippen LogP contribution in [0.5, 0.6) is 5.88 Å². The quantitative estimate of drug-likeness (QED) is 0.474. The Bertz CT molecular complexity index is 585. The van der Waals surface area contributed by atoms with Gasteiger partial charge in [0.1, 0.15) is 5.56 Å². The van der Waals surface area contributed by atoms with Gasteiger partial charge in [-0.2, -0.15) is 26.3 Å². The van der Waals surface area contributed by atoms with Crippen LogP contribution in [0.15, 0.2) is 4.90 Å². The third-order valence-electron chi connectivity index (χ3n) is 2.46. The number of aromatic nitrogens is 1. The van der Waals surface area contributed by atoms with E-state index < -0.39 is 45.9 Å². The van der Waals surface area contributed by atoms with Crippen LogP contribution in [0.3, 0.4) is 0 Å². The fourth-order valence-corrected chi connectivity index (χ4v) is 2.38. The Balaban J connectivity index is 4.00. The van der Waals surface area contributed by atoms with E-state index in [4.69, 9.17) is 0 Å². The predicted octanol–water partition coefficient (Wildman–Crippen LogP) is 3.64. The van der Waals surface area contributed by atoms with E-state index >= 15 is 0 Å². The molecular weight excluding hydrogens is 340 g/mol. The second-order valence-electron chi connectivity index (χ2n) is 3.74. The van der Waals surface area contributed by atoms with Gasteiger partial charge in [0.25, 0.3) is 0 Å². The molecule has 1 aromatic rings. The Morgan fingerprint density at radius 3 is 1.95 bits per heavy atom. The van der Waals surface area contributed by atoms with Crippen molar-refractivity contribution in [3.63, 3.8) is 0 Å². The number of pyridine rings is 1. The molecule has 1 aromatic heterocycles. The first kappa shape index (κ1) is 18.4. The SMILES string of the molecule is COC(=O)c1c(C(F)(F)F)nc(OC)c(SC)c1C(F)(F)F. The van der Waals surface area contributed by atoms with Gasteiger partial charge in [-0.3, -0.25) is 0 Å². The summed E-state index contributed by atoms with van der Waals surface area (Å²) in [6.45, 7) is 0. The molecule has 4 nitrogen and oxygen atoms in total. The van der Waals surface area contributed by atoms with Gasteiger partial charge >= 0.3 is 18.3 Å². The Morgan fingerprint density at radius 2 is 1.64 bits per heavy atom. The van der Waals surface area contributed by atoms with E-state index in [1.165, 1.54) is 6.26 Å². The van der Waals surface area contributed by atoms with Crippen LogP contribution in [0, 0.1) is 0 Å². The van der Waals surface area contributed by atoms with E-state index in [1.54, 1.807) is 0 Å². The molecule has 0 amide bonds. The zero-order valence-electron chi connectivity index (χ0n) is 11.3. The van der Waals surface area contributed by atoms with E-state index in [0.29, 0.717) is 18.9 Å². The maximum absolute atomic E-state index is 13.2. The highest BCUT2D eigenvalue weighted by Crippen LogP contribution is 2.46. The van der Waals surface area contributed by atoms with Crippen molar-refractivity contribution in [1.29, 1.82) is 0 Å². The fraction of sp³-hybridized carbons (Fsp3) is 0.455. The number of rotatable bonds is 3. The average molecular weight is 349 g/mol. The molecule has 0 radical (unpaired) electrons. The summed E-state index contributed by atoms with van der Waals surface area (Å²) in [5.74, 6) is -2.66. The van der Waals surface area contributed by atoms with E-state index in [-0.39, 0.29) is 0 Å². The molecule has 0 N–H and O–H groups in total. The Kier molecular flexibility index (Phi) is 5.21. The van der Waals surface area contributed by atoms with Crippen LogP contribution < -0.4 is 4.74 Å². The molecule has 0 atom stereocenters. The molecule has 11 heteroatoms. The van der Waals surface area contributed by atoms with Crippen LogP contribution in [0.2, 0.25) is 0 Å². The second-order valence-corrected chi connectivity index (χ2v) is 4.56. The van der Waals surface area contributed by atoms with Crippen LogP contribution in [-0.2, 0) is 17.1 Å². The summed E-state index contributed by atoms with van der Waals surface area (Å²) in [7, 11) is 1.55. The minimum atomic E-state index is -5.30. The molecule has 0 aliphatic heterocycles. The number of alkyl halides is 6. The molecule has 1 rings (SSSR count). The number of thioether (sulfide) groups is 1. The van der Waals surface area contributed by atoms with Gasteiger partial charge in [-0.25, -0.2) is 9.78 Å². The Hall–Kier alpha value is -1.65. The van der Waals surface area contributed by atoms with Gasteiger partial charge in [0.15, 0.2) is 5.69 Å². The maximum atomic E-state index is 13.2. The number of hydrogen-bond acceptors (Lipinski definition) is 5. The standard InChI is InChI=1S/C11H9F6NO3S/c1-20-8-6(22-3)5(10(12,13)14)4(9(19)21-2)7(18-8)11(15,16)17/h1-3H3. The smallest absolute Gasteiger partial charge is 0.434 e. The van der Waals surface area contributed by atoms with Gasteiger partial charge in [0, 0.05) is 0 Å². The monoisotopic (exact) mass is 349 g/mol. The Labute approximate surface area is 124 Å². The van der Waals surface area contributed by atoms with Crippen molar-refractivity contribution >= 4 is 17.7 Å². The molecule has 0 fully saturated rings. The summed E-state index contributed by atoms with van der Waals surface area (Å²) in [6, 6.07) is 0. The molecule has 22 heavy (non-hydrogen) atoms. The van der Waals surface area contributed by atoms with Crippen molar-refractivity contribution in [1.82, 2.24) is 4.98 Å². The molecule has 1 heterocycles. The first-order chi connectivity index (χ1) is 9.98. The normalized spacial score (nSPS) is 12.2. The first-order valence-electron chi connectivity index (χ1n) is 5.37. The number of esters is 1. The van der Waals surface area contributed by atoms with Gasteiger partial charge in [-0.15, -0.1) is 11.8 Å². The van der Waals surface area contributed by atoms with E-state index in [2.05, 4.69) is 14.5 Å². The van der Waals surface area contributed by atoms with Crippen molar-refractivity contribution < 1.29 is 40.6 Å². The summed E-state index contributed by atoms with van der Waals surface area (Å²) >= 11 is 0.452. The first-order valence-corrected chi connectivity index (χ1v) is 6.60. The predicted molar refractivity (Wildman–Crippen MR) is 63.9 cm³/mol. The molecule has 0 saturated carbocycles. The highest BCUT2D eigenvalue weighted by molar-refractivity contribution is 7.98. The summed E-state index contributed by atoms with van der Waals surface area (Å²) in [4.78, 5) is 13.8. The summed E-state index contributed by atoms with van der Waals surface area (Å²) in [5.41, 5.74) is -5.49. The van der Waals surface area contributed by atoms with Gasteiger partial charge in [0.05, 0.1) is 24.7 Å². The van der Waals surface area contributed by atoms with Crippen molar-refractivity contribution in [2.45, 2.75) is 17.2 Å². The highest BCUT2D eigenvalue weighted by atomic mass is 32.2. The molecule has 0 saturated heterocycles. The molecular formula is C11H9F6NO3S. The average Bonchev–Trinajstić information content (AvgIpc) is 2.41. The van der Waals surface area contributed by atoms with Crippen molar-refractivity contribution in [2.75, 3.05) is 20.5 Å². The molecule has 0 unspecified atom stereocenters. The molecule has 0 aliphatic carbocycles. The van der Waals surface area contributed by atoms with Crippen LogP contribution in [0.4, 0.5) is 26.3 Å². The summed E-state index contributed by atoms with van der Waals surface area (Å²) < 4.78 is 87.1. The van der Waals surface area contributed by atoms with E-state index in [0.717, 1.165) is 7.11 Å². The number of hydrogen-bond donors (Lipinski definition) is 0. The minimum absolute atomic E-state index is 0.452. The molecule has 124 valence electrons. The molecule has 0 aliphatic rings. The van der Waals surface area contributed by atoms with Gasteiger partial charge < -0.3 is 9.47 Å². The Morgan fingerprint density at radius 1 is 1.09 bits per heavy atom. The summed E-state index contributed by atoms with van der Waals surface area (Å²) in [6.07, 6.45) is -9.35. The lowest BCUT2D eigenvalue weighted by atomic mass is 10.0. The van der Waals surface area contributed by atoms with Crippen molar-refractivity contribution in [3.05, 3.63) is 16.8 Å². The number of nitrogens with zero attached hydrogens (tertiary/aromatic N) is 1. The van der Waals surface area contributed by atoms with Crippen LogP contribution >= 0.6 is 11.8 Å². The number of ether oxygens (including phenoxy) is 2. The van der Waals surface area contributed by atoms with Gasteiger partial charge in [-0.1, -0.05) is 0 Å². The van der Waals surface area contributed by atoms with Crippen molar-refractivity contribution in [2.24, 2.45) is 0 Å². The lowest BCUT2D eigenvalue weighted by Crippen LogP contribution is -2.24. The lowest BCUT2D eigenvalue weighted by Gasteiger charge is -2.20. The van der Waals surface area contributed by atoms with Crippen molar-refractivity contribution in [3.8, 4) is 5.88 Å². The van der Waals surface area contributed by atoms with Gasteiger partial charge in [-0.05, 0) is 6.26 Å². The lowest BCUT2D eigenvalue weighted by molar-refractivity contribution is -0.148. The fourth-order valence-electron chi connectivity index (χ4n) is 1.65. The number of halogens is 6. The topological polar surface area (TPSA) is 48.4 Å². The third-order valence-corrected chi connectivity index (χ3v) is 3.25. The largest absolute Gasteiger partial charge is 0.480 e. The number of carbonyl (C=O) groups excluding carboxylic acids is 1. The number of carbonyl (C=O) groups is 1. The van der Waals surface area contributed by atoms with Gasteiger partial charge in [0.2, 0.25) is 5.88 Å². The molecule has 0 bridgehead atoms. The molecule has 0 spiro atoms. The van der Waals surface area contributed by atoms with Crippen LogP contribution in [-0.4, -0.2) is 31.4 Å². The third kappa shape index (κ3) is 3.39. The van der Waals surface area contributed by atoms with Crippen LogP contribution in [0.25, 0.3) is 0 Å². The maximum Gasteiger partial charge on any atom is 0.434 e.